The predicted octanol–water partition coefficient (Wildman–Crippen LogP) is 5.31. The van der Waals surface area contributed by atoms with Crippen molar-refractivity contribution in [1.29, 1.82) is 0 Å². The summed E-state index contributed by atoms with van der Waals surface area (Å²) in [5.74, 6) is 0. The fourth-order valence-corrected chi connectivity index (χ4v) is 1.27. The Morgan fingerprint density at radius 2 is 1.35 bits per heavy atom. The van der Waals surface area contributed by atoms with Gasteiger partial charge in [-0.2, -0.15) is 0 Å². The zero-order chi connectivity index (χ0) is 12.9. The van der Waals surface area contributed by atoms with Gasteiger partial charge in [0.25, 0.3) is 0 Å². The number of allylic oxidation sites excluding steroid dienone is 13. The standard InChI is InChI=1S/C17H22/c1-5-9-11-15-17(14-10-6-2)16(12-7-3)13-8-4/h5-15H,3H2,1-2,4H3/b9-5+,10-6-,13-8-,15-11-,16-12+,17-14+. The summed E-state index contributed by atoms with van der Waals surface area (Å²) >= 11 is 0. The fraction of sp³-hybridized carbons (Fsp3) is 0.176. The lowest BCUT2D eigenvalue weighted by Crippen LogP contribution is -1.82. The molecule has 0 aromatic heterocycles. The molecule has 0 rings (SSSR count). The maximum Gasteiger partial charge on any atom is -0.0184 e. The summed E-state index contributed by atoms with van der Waals surface area (Å²) in [4.78, 5) is 0. The van der Waals surface area contributed by atoms with Crippen LogP contribution < -0.4 is 0 Å². The average Bonchev–Trinajstić information content (AvgIpc) is 2.33. The van der Waals surface area contributed by atoms with Crippen molar-refractivity contribution in [2.45, 2.75) is 20.8 Å². The highest BCUT2D eigenvalue weighted by atomic mass is 14.0. The van der Waals surface area contributed by atoms with Crippen LogP contribution in [0.15, 0.2) is 84.6 Å². The first-order valence-corrected chi connectivity index (χ1v) is 5.88. The summed E-state index contributed by atoms with van der Waals surface area (Å²) < 4.78 is 0. The van der Waals surface area contributed by atoms with Gasteiger partial charge in [-0.15, -0.1) is 0 Å². The van der Waals surface area contributed by atoms with Crippen molar-refractivity contribution < 1.29 is 0 Å². The Morgan fingerprint density at radius 1 is 0.706 bits per heavy atom. The van der Waals surface area contributed by atoms with E-state index < -0.39 is 0 Å². The smallest absolute Gasteiger partial charge is 0.0184 e. The third-order valence-electron chi connectivity index (χ3n) is 2.02. The van der Waals surface area contributed by atoms with Gasteiger partial charge in [-0.05, 0) is 31.9 Å². The van der Waals surface area contributed by atoms with Crippen LogP contribution in [0.3, 0.4) is 0 Å². The normalized spacial score (nSPS) is 14.8. The molecule has 0 heterocycles. The summed E-state index contributed by atoms with van der Waals surface area (Å²) in [5, 5.41) is 0. The molecule has 0 N–H and O–H groups in total. The van der Waals surface area contributed by atoms with E-state index in [0.717, 1.165) is 5.57 Å². The zero-order valence-electron chi connectivity index (χ0n) is 11.1. The van der Waals surface area contributed by atoms with Crippen LogP contribution in [0.1, 0.15) is 20.8 Å². The fourth-order valence-electron chi connectivity index (χ4n) is 1.27. The van der Waals surface area contributed by atoms with Crippen LogP contribution in [0.5, 0.6) is 0 Å². The van der Waals surface area contributed by atoms with Gasteiger partial charge >= 0.3 is 0 Å². The molecule has 0 aromatic carbocycles. The molecule has 0 aliphatic carbocycles. The first kappa shape index (κ1) is 15.2. The minimum absolute atomic E-state index is 1.15. The van der Waals surface area contributed by atoms with E-state index in [0.29, 0.717) is 0 Å². The number of rotatable bonds is 6. The molecule has 0 unspecified atom stereocenters. The predicted molar refractivity (Wildman–Crippen MR) is 79.9 cm³/mol. The first-order chi connectivity index (χ1) is 8.29. The highest BCUT2D eigenvalue weighted by Crippen LogP contribution is 2.14. The van der Waals surface area contributed by atoms with Crippen LogP contribution in [0.4, 0.5) is 0 Å². The summed E-state index contributed by atoms with van der Waals surface area (Å²) in [6.45, 7) is 9.78. The molecule has 0 saturated carbocycles. The zero-order valence-corrected chi connectivity index (χ0v) is 11.1. The van der Waals surface area contributed by atoms with Gasteiger partial charge in [0, 0.05) is 0 Å². The third kappa shape index (κ3) is 7.13. The molecule has 0 saturated heterocycles. The van der Waals surface area contributed by atoms with Crippen LogP contribution in [-0.2, 0) is 0 Å². The lowest BCUT2D eigenvalue weighted by atomic mass is 10.0. The number of hydrogen-bond acceptors (Lipinski definition) is 0. The lowest BCUT2D eigenvalue weighted by Gasteiger charge is -2.01. The van der Waals surface area contributed by atoms with Crippen LogP contribution in [0.25, 0.3) is 0 Å². The minimum atomic E-state index is 1.15. The first-order valence-electron chi connectivity index (χ1n) is 5.88. The van der Waals surface area contributed by atoms with Gasteiger partial charge in [-0.25, -0.2) is 0 Å². The molecule has 0 spiro atoms. The van der Waals surface area contributed by atoms with Crippen LogP contribution in [0, 0.1) is 0 Å². The quantitative estimate of drug-likeness (QED) is 0.538. The van der Waals surface area contributed by atoms with Crippen LogP contribution >= 0.6 is 0 Å². The second-order valence-corrected chi connectivity index (χ2v) is 3.39. The van der Waals surface area contributed by atoms with E-state index in [1.165, 1.54) is 5.57 Å². The van der Waals surface area contributed by atoms with E-state index in [-0.39, 0.29) is 0 Å². The molecule has 0 aliphatic heterocycles. The van der Waals surface area contributed by atoms with E-state index in [1.54, 1.807) is 0 Å². The molecule has 0 aliphatic rings. The van der Waals surface area contributed by atoms with Crippen LogP contribution in [-0.4, -0.2) is 0 Å². The second kappa shape index (κ2) is 10.7. The summed E-state index contributed by atoms with van der Waals surface area (Å²) in [5.41, 5.74) is 2.32. The molecular formula is C17H22. The summed E-state index contributed by atoms with van der Waals surface area (Å²) in [6, 6.07) is 0. The Hall–Kier alpha value is -1.82. The minimum Gasteiger partial charge on any atom is -0.0990 e. The Morgan fingerprint density at radius 3 is 1.88 bits per heavy atom. The van der Waals surface area contributed by atoms with Crippen LogP contribution in [0.2, 0.25) is 0 Å². The molecule has 0 nitrogen and oxygen atoms in total. The van der Waals surface area contributed by atoms with Crippen molar-refractivity contribution in [3.8, 4) is 0 Å². The Labute approximate surface area is 106 Å². The molecule has 90 valence electrons. The average molecular weight is 226 g/mol. The molecule has 0 bridgehead atoms. The second-order valence-electron chi connectivity index (χ2n) is 3.39. The molecule has 0 heteroatoms. The van der Waals surface area contributed by atoms with Gasteiger partial charge < -0.3 is 0 Å². The van der Waals surface area contributed by atoms with Gasteiger partial charge in [-0.1, -0.05) is 73.4 Å². The number of hydrogen-bond donors (Lipinski definition) is 0. The monoisotopic (exact) mass is 226 g/mol. The molecule has 0 atom stereocenters. The largest absolute Gasteiger partial charge is 0.0990 e. The Bertz CT molecular complexity index is 382. The Kier molecular flexibility index (Phi) is 9.55. The third-order valence-corrected chi connectivity index (χ3v) is 2.02. The van der Waals surface area contributed by atoms with Crippen molar-refractivity contribution in [1.82, 2.24) is 0 Å². The van der Waals surface area contributed by atoms with Crippen molar-refractivity contribution >= 4 is 0 Å². The molecule has 0 radical (unpaired) electrons. The van der Waals surface area contributed by atoms with E-state index in [4.69, 9.17) is 0 Å². The molecule has 17 heavy (non-hydrogen) atoms. The van der Waals surface area contributed by atoms with E-state index in [9.17, 15) is 0 Å². The van der Waals surface area contributed by atoms with E-state index >= 15 is 0 Å². The summed E-state index contributed by atoms with van der Waals surface area (Å²) in [7, 11) is 0. The van der Waals surface area contributed by atoms with Crippen molar-refractivity contribution in [3.05, 3.63) is 84.6 Å². The van der Waals surface area contributed by atoms with Gasteiger partial charge in [0.05, 0.1) is 0 Å². The SMILES string of the molecule is C=C/C=C(\C=C/C)C(/C=C\C=C\C)=C/C=C\C. The maximum absolute atomic E-state index is 3.75. The highest BCUT2D eigenvalue weighted by Gasteiger charge is 1.95. The Balaban J connectivity index is 5.27. The topological polar surface area (TPSA) is 0 Å². The van der Waals surface area contributed by atoms with Crippen molar-refractivity contribution in [2.24, 2.45) is 0 Å². The van der Waals surface area contributed by atoms with Gasteiger partial charge in [-0.3, -0.25) is 0 Å². The van der Waals surface area contributed by atoms with E-state index in [1.807, 2.05) is 69.4 Å². The lowest BCUT2D eigenvalue weighted by molar-refractivity contribution is 1.51. The van der Waals surface area contributed by atoms with Gasteiger partial charge in [0.15, 0.2) is 0 Å². The molecular weight excluding hydrogens is 204 g/mol. The molecule has 0 amide bonds. The van der Waals surface area contributed by atoms with Crippen molar-refractivity contribution in [2.75, 3.05) is 0 Å². The van der Waals surface area contributed by atoms with Gasteiger partial charge in [0.2, 0.25) is 0 Å². The summed E-state index contributed by atoms with van der Waals surface area (Å²) in [6.07, 6.45) is 22.2. The maximum atomic E-state index is 3.75. The molecule has 0 fully saturated rings. The van der Waals surface area contributed by atoms with E-state index in [2.05, 4.69) is 24.8 Å². The van der Waals surface area contributed by atoms with Gasteiger partial charge in [0.1, 0.15) is 0 Å². The highest BCUT2D eigenvalue weighted by molar-refractivity contribution is 5.49. The van der Waals surface area contributed by atoms with Crippen molar-refractivity contribution in [3.63, 3.8) is 0 Å². The molecule has 0 aromatic rings.